The molecule has 4 heteroatoms. The van der Waals surface area contributed by atoms with Gasteiger partial charge >= 0.3 is 5.97 Å². The molecule has 1 heterocycles. The lowest BCUT2D eigenvalue weighted by Crippen LogP contribution is -2.61. The van der Waals surface area contributed by atoms with Gasteiger partial charge in [0.05, 0.1) is 13.2 Å². The van der Waals surface area contributed by atoms with Crippen molar-refractivity contribution >= 4 is 11.7 Å². The number of aliphatic carboxylic acids is 1. The summed E-state index contributed by atoms with van der Waals surface area (Å²) in [6, 6.07) is 7.62. The van der Waals surface area contributed by atoms with E-state index < -0.39 is 11.5 Å². The summed E-state index contributed by atoms with van der Waals surface area (Å²) in [5.74, 6) is -0.864. The monoisotopic (exact) mass is 207 g/mol. The molecule has 0 aromatic heterocycles. The fourth-order valence-corrected chi connectivity index (χ4v) is 1.53. The summed E-state index contributed by atoms with van der Waals surface area (Å²) in [6.45, 7) is 2.38. The number of carboxylic acids is 1. The number of carbonyl (C=O) groups is 1. The van der Waals surface area contributed by atoms with Crippen LogP contribution in [0.15, 0.2) is 24.3 Å². The van der Waals surface area contributed by atoms with Crippen molar-refractivity contribution in [3.63, 3.8) is 0 Å². The second-order valence-electron chi connectivity index (χ2n) is 3.82. The number of hydrogen-bond acceptors (Lipinski definition) is 3. The van der Waals surface area contributed by atoms with Crippen molar-refractivity contribution in [2.45, 2.75) is 12.5 Å². The number of carboxylic acid groups (broad SMARTS) is 1. The molecule has 0 aliphatic carbocycles. The van der Waals surface area contributed by atoms with Crippen LogP contribution < -0.4 is 5.32 Å². The Hall–Kier alpha value is -1.55. The van der Waals surface area contributed by atoms with Gasteiger partial charge in [0, 0.05) is 5.69 Å². The zero-order valence-corrected chi connectivity index (χ0v) is 8.49. The summed E-state index contributed by atoms with van der Waals surface area (Å²) >= 11 is 0. The predicted octanol–water partition coefficient (Wildman–Crippen LogP) is 1.26. The van der Waals surface area contributed by atoms with E-state index in [1.807, 2.05) is 31.2 Å². The van der Waals surface area contributed by atoms with E-state index in [1.165, 1.54) is 0 Å². The van der Waals surface area contributed by atoms with Gasteiger partial charge < -0.3 is 15.2 Å². The molecule has 2 rings (SSSR count). The summed E-state index contributed by atoms with van der Waals surface area (Å²) in [4.78, 5) is 11.1. The first kappa shape index (κ1) is 9.98. The normalized spacial score (nSPS) is 17.9. The summed E-state index contributed by atoms with van der Waals surface area (Å²) in [6.07, 6.45) is 0. The number of rotatable bonds is 3. The van der Waals surface area contributed by atoms with Gasteiger partial charge in [0.25, 0.3) is 0 Å². The van der Waals surface area contributed by atoms with Crippen molar-refractivity contribution < 1.29 is 14.6 Å². The quantitative estimate of drug-likeness (QED) is 0.783. The maximum Gasteiger partial charge on any atom is 0.334 e. The van der Waals surface area contributed by atoms with Gasteiger partial charge in [-0.3, -0.25) is 0 Å². The Labute approximate surface area is 87.9 Å². The summed E-state index contributed by atoms with van der Waals surface area (Å²) < 4.78 is 4.97. The number of para-hydroxylation sites is 1. The Kier molecular flexibility index (Phi) is 2.36. The standard InChI is InChI=1S/C11H13NO3/c1-8-4-2-3-5-9(8)12-11(10(13)14)6-15-7-11/h2-5,12H,6-7H2,1H3,(H,13,14). The highest BCUT2D eigenvalue weighted by Crippen LogP contribution is 2.25. The molecule has 4 nitrogen and oxygen atoms in total. The first-order chi connectivity index (χ1) is 7.14. The van der Waals surface area contributed by atoms with Crippen LogP contribution in [-0.2, 0) is 9.53 Å². The third kappa shape index (κ3) is 1.68. The minimum absolute atomic E-state index is 0.219. The van der Waals surface area contributed by atoms with Crippen molar-refractivity contribution in [3.8, 4) is 0 Å². The Morgan fingerprint density at radius 1 is 1.47 bits per heavy atom. The number of hydrogen-bond donors (Lipinski definition) is 2. The summed E-state index contributed by atoms with van der Waals surface area (Å²) in [5, 5.41) is 12.1. The molecule has 1 fully saturated rings. The molecule has 0 bridgehead atoms. The van der Waals surface area contributed by atoms with Crippen molar-refractivity contribution in [2.24, 2.45) is 0 Å². The van der Waals surface area contributed by atoms with Gasteiger partial charge in [0.2, 0.25) is 0 Å². The van der Waals surface area contributed by atoms with Crippen molar-refractivity contribution in [1.82, 2.24) is 0 Å². The molecule has 80 valence electrons. The van der Waals surface area contributed by atoms with Crippen molar-refractivity contribution in [3.05, 3.63) is 29.8 Å². The minimum Gasteiger partial charge on any atom is -0.479 e. The fourth-order valence-electron chi connectivity index (χ4n) is 1.53. The molecule has 0 atom stereocenters. The van der Waals surface area contributed by atoms with Crippen LogP contribution in [0.5, 0.6) is 0 Å². The first-order valence-electron chi connectivity index (χ1n) is 4.79. The maximum atomic E-state index is 11.1. The number of nitrogens with one attached hydrogen (secondary N) is 1. The highest BCUT2D eigenvalue weighted by Gasteiger charge is 2.46. The van der Waals surface area contributed by atoms with Gasteiger partial charge in [0.1, 0.15) is 0 Å². The molecule has 15 heavy (non-hydrogen) atoms. The molecular formula is C11H13NO3. The first-order valence-corrected chi connectivity index (χ1v) is 4.79. The van der Waals surface area contributed by atoms with Gasteiger partial charge in [-0.05, 0) is 18.6 Å². The summed E-state index contributed by atoms with van der Waals surface area (Å²) in [7, 11) is 0. The number of anilines is 1. The number of ether oxygens (including phenoxy) is 1. The third-order valence-corrected chi connectivity index (χ3v) is 2.63. The van der Waals surface area contributed by atoms with Crippen LogP contribution in [0.2, 0.25) is 0 Å². The Bertz CT molecular complexity index is 385. The number of benzene rings is 1. The Morgan fingerprint density at radius 2 is 2.13 bits per heavy atom. The smallest absolute Gasteiger partial charge is 0.334 e. The second kappa shape index (κ2) is 3.55. The fraction of sp³-hybridized carbons (Fsp3) is 0.364. The zero-order chi connectivity index (χ0) is 10.9. The van der Waals surface area contributed by atoms with Crippen LogP contribution in [0.4, 0.5) is 5.69 Å². The molecule has 1 aliphatic heterocycles. The third-order valence-electron chi connectivity index (χ3n) is 2.63. The zero-order valence-electron chi connectivity index (χ0n) is 8.49. The van der Waals surface area contributed by atoms with Crippen LogP contribution >= 0.6 is 0 Å². The molecule has 1 aliphatic rings. The predicted molar refractivity (Wildman–Crippen MR) is 56.0 cm³/mol. The average molecular weight is 207 g/mol. The van der Waals surface area contributed by atoms with Gasteiger partial charge in [0.15, 0.2) is 5.54 Å². The maximum absolute atomic E-state index is 11.1. The van der Waals surface area contributed by atoms with Crippen molar-refractivity contribution in [1.29, 1.82) is 0 Å². The van der Waals surface area contributed by atoms with Crippen molar-refractivity contribution in [2.75, 3.05) is 18.5 Å². The lowest BCUT2D eigenvalue weighted by molar-refractivity contribution is -0.158. The SMILES string of the molecule is Cc1ccccc1NC1(C(=O)O)COC1. The van der Waals surface area contributed by atoms with Gasteiger partial charge in [-0.1, -0.05) is 18.2 Å². The van der Waals surface area contributed by atoms with E-state index >= 15 is 0 Å². The molecule has 0 unspecified atom stereocenters. The van der Waals surface area contributed by atoms with E-state index in [9.17, 15) is 4.79 Å². The Balaban J connectivity index is 2.21. The largest absolute Gasteiger partial charge is 0.479 e. The van der Waals surface area contributed by atoms with Crippen LogP contribution in [0, 0.1) is 6.92 Å². The minimum atomic E-state index is -0.938. The lowest BCUT2D eigenvalue weighted by atomic mass is 9.96. The Morgan fingerprint density at radius 3 is 2.60 bits per heavy atom. The van der Waals surface area contributed by atoms with Crippen LogP contribution in [0.25, 0.3) is 0 Å². The van der Waals surface area contributed by atoms with Gasteiger partial charge in [-0.25, -0.2) is 4.79 Å². The molecule has 0 spiro atoms. The highest BCUT2D eigenvalue weighted by atomic mass is 16.5. The molecular weight excluding hydrogens is 194 g/mol. The van der Waals surface area contributed by atoms with Gasteiger partial charge in [-0.15, -0.1) is 0 Å². The van der Waals surface area contributed by atoms with E-state index in [0.29, 0.717) is 0 Å². The van der Waals surface area contributed by atoms with Crippen LogP contribution in [0.3, 0.4) is 0 Å². The molecule has 1 aromatic carbocycles. The van der Waals surface area contributed by atoms with E-state index in [2.05, 4.69) is 5.32 Å². The molecule has 1 saturated heterocycles. The van der Waals surface area contributed by atoms with E-state index in [4.69, 9.17) is 9.84 Å². The molecule has 0 radical (unpaired) electrons. The van der Waals surface area contributed by atoms with E-state index in [1.54, 1.807) is 0 Å². The average Bonchev–Trinajstić information content (AvgIpc) is 2.13. The van der Waals surface area contributed by atoms with Crippen LogP contribution in [-0.4, -0.2) is 29.8 Å². The molecule has 0 amide bonds. The highest BCUT2D eigenvalue weighted by molar-refractivity contribution is 5.84. The molecule has 0 saturated carbocycles. The topological polar surface area (TPSA) is 58.6 Å². The number of aryl methyl sites for hydroxylation is 1. The van der Waals surface area contributed by atoms with Gasteiger partial charge in [-0.2, -0.15) is 0 Å². The molecule has 1 aromatic rings. The van der Waals surface area contributed by atoms with Crippen LogP contribution in [0.1, 0.15) is 5.56 Å². The van der Waals surface area contributed by atoms with E-state index in [-0.39, 0.29) is 13.2 Å². The van der Waals surface area contributed by atoms with E-state index in [0.717, 1.165) is 11.3 Å². The lowest BCUT2D eigenvalue weighted by Gasteiger charge is -2.39. The summed E-state index contributed by atoms with van der Waals surface area (Å²) in [5.41, 5.74) is 0.944. The second-order valence-corrected chi connectivity index (χ2v) is 3.82. The molecule has 2 N–H and O–H groups in total.